The third-order valence-electron chi connectivity index (χ3n) is 4.85. The fraction of sp³-hybridized carbons (Fsp3) is 0.917. The van der Waals surface area contributed by atoms with Gasteiger partial charge in [-0.1, -0.05) is 6.42 Å². The molecule has 3 aliphatic rings. The molecule has 0 saturated carbocycles. The third kappa shape index (κ3) is 1.32. The number of carbonyl (C=O) groups is 1. The molecule has 0 aromatic carbocycles. The molecular formula is C12H20N2O2. The Balaban J connectivity index is 1.89. The average molecular weight is 224 g/mol. The largest absolute Gasteiger partial charge is 0.481 e. The molecule has 3 aliphatic heterocycles. The van der Waals surface area contributed by atoms with Crippen LogP contribution in [0.15, 0.2) is 0 Å². The second kappa shape index (κ2) is 3.70. The van der Waals surface area contributed by atoms with Gasteiger partial charge in [0.25, 0.3) is 0 Å². The molecule has 3 saturated heterocycles. The maximum Gasteiger partial charge on any atom is 0.311 e. The van der Waals surface area contributed by atoms with Crippen LogP contribution in [-0.4, -0.2) is 47.7 Å². The van der Waals surface area contributed by atoms with E-state index in [9.17, 15) is 9.90 Å². The molecule has 3 unspecified atom stereocenters. The van der Waals surface area contributed by atoms with Crippen molar-refractivity contribution in [3.05, 3.63) is 0 Å². The van der Waals surface area contributed by atoms with Crippen LogP contribution in [0.1, 0.15) is 32.1 Å². The van der Waals surface area contributed by atoms with Gasteiger partial charge in [0.05, 0.1) is 5.41 Å². The summed E-state index contributed by atoms with van der Waals surface area (Å²) in [6.07, 6.45) is 5.36. The highest BCUT2D eigenvalue weighted by molar-refractivity contribution is 5.76. The van der Waals surface area contributed by atoms with Crippen LogP contribution >= 0.6 is 0 Å². The van der Waals surface area contributed by atoms with Crippen molar-refractivity contribution in [2.75, 3.05) is 19.6 Å². The summed E-state index contributed by atoms with van der Waals surface area (Å²) < 4.78 is 0. The molecule has 0 bridgehead atoms. The molecule has 2 N–H and O–H groups in total. The molecule has 0 spiro atoms. The Hall–Kier alpha value is -0.610. The van der Waals surface area contributed by atoms with Crippen molar-refractivity contribution >= 4 is 5.97 Å². The van der Waals surface area contributed by atoms with Crippen LogP contribution in [-0.2, 0) is 4.79 Å². The SMILES string of the molecule is O=C(O)C12CCNC1C1CCCCN1CC2. The van der Waals surface area contributed by atoms with Gasteiger partial charge in [-0.2, -0.15) is 0 Å². The van der Waals surface area contributed by atoms with Crippen molar-refractivity contribution in [1.82, 2.24) is 10.2 Å². The Kier molecular flexibility index (Phi) is 2.44. The van der Waals surface area contributed by atoms with Crippen molar-refractivity contribution in [1.29, 1.82) is 0 Å². The number of hydrogen-bond donors (Lipinski definition) is 2. The molecule has 0 aromatic heterocycles. The predicted molar refractivity (Wildman–Crippen MR) is 60.3 cm³/mol. The van der Waals surface area contributed by atoms with Crippen molar-refractivity contribution in [2.45, 2.75) is 44.2 Å². The van der Waals surface area contributed by atoms with Gasteiger partial charge in [0, 0.05) is 12.1 Å². The van der Waals surface area contributed by atoms with Gasteiger partial charge in [0.15, 0.2) is 0 Å². The molecule has 90 valence electrons. The molecule has 0 amide bonds. The van der Waals surface area contributed by atoms with Crippen molar-refractivity contribution in [3.8, 4) is 0 Å². The zero-order valence-electron chi connectivity index (χ0n) is 9.61. The summed E-state index contributed by atoms with van der Waals surface area (Å²) >= 11 is 0. The summed E-state index contributed by atoms with van der Waals surface area (Å²) in [4.78, 5) is 14.1. The van der Waals surface area contributed by atoms with Gasteiger partial charge in [-0.15, -0.1) is 0 Å². The molecule has 3 fully saturated rings. The van der Waals surface area contributed by atoms with E-state index in [0.717, 1.165) is 25.9 Å². The molecule has 3 rings (SSSR count). The van der Waals surface area contributed by atoms with Crippen LogP contribution in [0.25, 0.3) is 0 Å². The molecular weight excluding hydrogens is 204 g/mol. The second-order valence-corrected chi connectivity index (χ2v) is 5.49. The van der Waals surface area contributed by atoms with Gasteiger partial charge in [-0.3, -0.25) is 9.69 Å². The first-order chi connectivity index (χ1) is 7.74. The Morgan fingerprint density at radius 2 is 2.19 bits per heavy atom. The first kappa shape index (κ1) is 10.5. The number of carboxylic acid groups (broad SMARTS) is 1. The van der Waals surface area contributed by atoms with Gasteiger partial charge >= 0.3 is 5.97 Å². The van der Waals surface area contributed by atoms with Crippen LogP contribution in [0, 0.1) is 5.41 Å². The zero-order valence-corrected chi connectivity index (χ0v) is 9.61. The van der Waals surface area contributed by atoms with Crippen LogP contribution in [0.2, 0.25) is 0 Å². The summed E-state index contributed by atoms with van der Waals surface area (Å²) in [5.74, 6) is -0.576. The quantitative estimate of drug-likeness (QED) is 0.687. The lowest BCUT2D eigenvalue weighted by atomic mass is 9.70. The summed E-state index contributed by atoms with van der Waals surface area (Å²) in [5, 5.41) is 13.0. The molecule has 3 heterocycles. The molecule has 0 aromatic rings. The number of carboxylic acids is 1. The highest BCUT2D eigenvalue weighted by Gasteiger charge is 2.55. The highest BCUT2D eigenvalue weighted by Crippen LogP contribution is 2.44. The van der Waals surface area contributed by atoms with Crippen LogP contribution in [0.4, 0.5) is 0 Å². The minimum Gasteiger partial charge on any atom is -0.481 e. The van der Waals surface area contributed by atoms with E-state index < -0.39 is 11.4 Å². The molecule has 4 nitrogen and oxygen atoms in total. The summed E-state index contributed by atoms with van der Waals surface area (Å²) in [6.45, 7) is 3.02. The summed E-state index contributed by atoms with van der Waals surface area (Å²) in [6, 6.07) is 0.667. The van der Waals surface area contributed by atoms with Crippen LogP contribution in [0.5, 0.6) is 0 Å². The van der Waals surface area contributed by atoms with E-state index in [1.807, 2.05) is 0 Å². The molecule has 0 radical (unpaired) electrons. The Labute approximate surface area is 96.0 Å². The van der Waals surface area contributed by atoms with E-state index in [0.29, 0.717) is 6.04 Å². The van der Waals surface area contributed by atoms with E-state index in [2.05, 4.69) is 10.2 Å². The van der Waals surface area contributed by atoms with E-state index >= 15 is 0 Å². The van der Waals surface area contributed by atoms with Gasteiger partial charge < -0.3 is 10.4 Å². The highest BCUT2D eigenvalue weighted by atomic mass is 16.4. The number of rotatable bonds is 1. The average Bonchev–Trinajstić information content (AvgIpc) is 2.74. The van der Waals surface area contributed by atoms with Crippen LogP contribution < -0.4 is 5.32 Å². The zero-order chi connectivity index (χ0) is 11.2. The minimum absolute atomic E-state index is 0.194. The first-order valence-corrected chi connectivity index (χ1v) is 6.45. The smallest absolute Gasteiger partial charge is 0.311 e. The van der Waals surface area contributed by atoms with E-state index in [-0.39, 0.29) is 6.04 Å². The second-order valence-electron chi connectivity index (χ2n) is 5.49. The van der Waals surface area contributed by atoms with Gasteiger partial charge in [0.2, 0.25) is 0 Å². The molecule has 3 atom stereocenters. The Morgan fingerprint density at radius 1 is 1.31 bits per heavy atom. The van der Waals surface area contributed by atoms with E-state index in [1.54, 1.807) is 0 Å². The van der Waals surface area contributed by atoms with Crippen molar-refractivity contribution < 1.29 is 9.90 Å². The number of nitrogens with one attached hydrogen (secondary N) is 1. The lowest BCUT2D eigenvalue weighted by Crippen LogP contribution is -2.62. The fourth-order valence-corrected chi connectivity index (χ4v) is 3.95. The lowest BCUT2D eigenvalue weighted by molar-refractivity contribution is -0.154. The standard InChI is InChI=1S/C12H20N2O2/c15-11(16)12-4-6-13-10(12)9-3-1-2-7-14(9)8-5-12/h9-10,13H,1-8H2,(H,15,16). The van der Waals surface area contributed by atoms with Crippen molar-refractivity contribution in [3.63, 3.8) is 0 Å². The van der Waals surface area contributed by atoms with Gasteiger partial charge in [-0.25, -0.2) is 0 Å². The molecule has 0 aliphatic carbocycles. The topological polar surface area (TPSA) is 52.6 Å². The Bertz CT molecular complexity index is 307. The number of fused-ring (bicyclic) bond motifs is 3. The maximum absolute atomic E-state index is 11.6. The number of hydrogen-bond acceptors (Lipinski definition) is 3. The summed E-state index contributed by atoms with van der Waals surface area (Å²) in [5.41, 5.74) is -0.460. The maximum atomic E-state index is 11.6. The van der Waals surface area contributed by atoms with E-state index in [4.69, 9.17) is 0 Å². The minimum atomic E-state index is -0.576. The Morgan fingerprint density at radius 3 is 3.00 bits per heavy atom. The summed E-state index contributed by atoms with van der Waals surface area (Å²) in [7, 11) is 0. The molecule has 16 heavy (non-hydrogen) atoms. The van der Waals surface area contributed by atoms with Gasteiger partial charge in [-0.05, 0) is 45.3 Å². The monoisotopic (exact) mass is 224 g/mol. The fourth-order valence-electron chi connectivity index (χ4n) is 3.95. The first-order valence-electron chi connectivity index (χ1n) is 6.45. The van der Waals surface area contributed by atoms with Crippen molar-refractivity contribution in [2.24, 2.45) is 5.41 Å². The number of aliphatic carboxylic acids is 1. The normalized spacial score (nSPS) is 43.8. The van der Waals surface area contributed by atoms with Gasteiger partial charge in [0.1, 0.15) is 0 Å². The molecule has 4 heteroatoms. The van der Waals surface area contributed by atoms with E-state index in [1.165, 1.54) is 25.8 Å². The number of nitrogens with zero attached hydrogens (tertiary/aromatic N) is 1. The number of piperidine rings is 2. The predicted octanol–water partition coefficient (Wildman–Crippen LogP) is 0.677. The third-order valence-corrected chi connectivity index (χ3v) is 4.85. The lowest BCUT2D eigenvalue weighted by Gasteiger charge is -2.49. The van der Waals surface area contributed by atoms with Crippen LogP contribution in [0.3, 0.4) is 0 Å².